The predicted molar refractivity (Wildman–Crippen MR) is 165 cm³/mol. The molecule has 0 aliphatic carbocycles. The molecule has 4 aromatic rings. The van der Waals surface area contributed by atoms with Crippen molar-refractivity contribution in [2.75, 3.05) is 25.7 Å². The molecule has 0 spiro atoms. The molecule has 1 saturated heterocycles. The Hall–Kier alpha value is -4.37. The number of amides is 1. The molecule has 0 saturated carbocycles. The van der Waals surface area contributed by atoms with Crippen molar-refractivity contribution in [3.63, 3.8) is 0 Å². The number of anilines is 1. The summed E-state index contributed by atoms with van der Waals surface area (Å²) in [6, 6.07) is 15.1. The highest BCUT2D eigenvalue weighted by Gasteiger charge is 2.48. The van der Waals surface area contributed by atoms with Gasteiger partial charge in [0, 0.05) is 5.56 Å². The lowest BCUT2D eigenvalue weighted by Gasteiger charge is -2.24. The molecule has 1 aliphatic heterocycles. The van der Waals surface area contributed by atoms with Crippen LogP contribution >= 0.6 is 11.3 Å². The van der Waals surface area contributed by atoms with Gasteiger partial charge in [0.25, 0.3) is 5.78 Å². The highest BCUT2D eigenvalue weighted by atomic mass is 32.1. The van der Waals surface area contributed by atoms with Crippen LogP contribution in [0.4, 0.5) is 5.13 Å². The van der Waals surface area contributed by atoms with Gasteiger partial charge in [-0.1, -0.05) is 43.2 Å². The van der Waals surface area contributed by atoms with E-state index in [1.807, 2.05) is 26.0 Å². The first kappa shape index (κ1) is 29.1. The summed E-state index contributed by atoms with van der Waals surface area (Å²) >= 11 is 1.34. The summed E-state index contributed by atoms with van der Waals surface area (Å²) in [6.07, 6.45) is 3.05. The van der Waals surface area contributed by atoms with Crippen LogP contribution in [-0.2, 0) is 9.59 Å². The second-order valence-corrected chi connectivity index (χ2v) is 11.3. The monoisotopic (exact) mass is 586 g/mol. The zero-order chi connectivity index (χ0) is 30.0. The second-order valence-electron chi connectivity index (χ2n) is 10.3. The Kier molecular flexibility index (Phi) is 8.49. The number of rotatable bonds is 10. The van der Waals surface area contributed by atoms with Gasteiger partial charge >= 0.3 is 5.91 Å². The van der Waals surface area contributed by atoms with Gasteiger partial charge in [0.2, 0.25) is 0 Å². The van der Waals surface area contributed by atoms with E-state index in [9.17, 15) is 14.7 Å². The van der Waals surface area contributed by atoms with Crippen molar-refractivity contribution in [2.45, 2.75) is 46.1 Å². The predicted octanol–water partition coefficient (Wildman–Crippen LogP) is 7.13. The fourth-order valence-electron chi connectivity index (χ4n) is 5.22. The fourth-order valence-corrected chi connectivity index (χ4v) is 6.39. The van der Waals surface area contributed by atoms with Crippen LogP contribution in [0.15, 0.2) is 60.2 Å². The van der Waals surface area contributed by atoms with Crippen molar-refractivity contribution in [2.24, 2.45) is 0 Å². The van der Waals surface area contributed by atoms with Crippen LogP contribution in [0.3, 0.4) is 0 Å². The first-order valence-electron chi connectivity index (χ1n) is 13.9. The highest BCUT2D eigenvalue weighted by Crippen LogP contribution is 2.46. The normalized spacial score (nSPS) is 16.3. The Labute approximate surface area is 249 Å². The van der Waals surface area contributed by atoms with Gasteiger partial charge in [-0.3, -0.25) is 14.5 Å². The van der Waals surface area contributed by atoms with Gasteiger partial charge in [-0.15, -0.1) is 0 Å². The third kappa shape index (κ3) is 5.44. The molecule has 1 aliphatic rings. The minimum absolute atomic E-state index is 0.0315. The molecule has 9 heteroatoms. The van der Waals surface area contributed by atoms with E-state index in [0.717, 1.165) is 40.6 Å². The number of aromatic nitrogens is 1. The molecule has 1 unspecified atom stereocenters. The molecule has 1 atom stereocenters. The third-order valence-electron chi connectivity index (χ3n) is 7.34. The number of ketones is 1. The number of nitrogens with zero attached hydrogens (tertiary/aromatic N) is 2. The molecule has 1 aromatic heterocycles. The van der Waals surface area contributed by atoms with Crippen LogP contribution in [0.25, 0.3) is 16.0 Å². The van der Waals surface area contributed by atoms with Crippen molar-refractivity contribution in [1.29, 1.82) is 0 Å². The summed E-state index contributed by atoms with van der Waals surface area (Å²) in [4.78, 5) is 33.5. The Bertz CT molecular complexity index is 1670. The zero-order valence-electron chi connectivity index (χ0n) is 24.4. The number of hydrogen-bond acceptors (Lipinski definition) is 8. The molecular formula is C33H34N2O6S. The molecule has 1 N–H and O–H groups in total. The number of thiazole rings is 1. The number of carbonyl (C=O) groups excluding carboxylic acids is 2. The standard InChI is InChI=1S/C33H34N2O6S/c1-6-7-8-15-41-24-14-11-22(18-25(24)40-5)29-27(30(36)21-9-12-23(39-4)13-10-21)31(37)32(38)35(29)33-34-28-20(3)16-19(2)17-26(28)42-33/h9-14,16-18,29,36H,6-8,15H2,1-5H3/b30-27+. The zero-order valence-corrected chi connectivity index (χ0v) is 25.2. The van der Waals surface area contributed by atoms with E-state index < -0.39 is 17.7 Å². The van der Waals surface area contributed by atoms with Crippen LogP contribution in [-0.4, -0.2) is 42.6 Å². The van der Waals surface area contributed by atoms with E-state index >= 15 is 0 Å². The van der Waals surface area contributed by atoms with E-state index in [4.69, 9.17) is 19.2 Å². The minimum atomic E-state index is -0.947. The Morgan fingerprint density at radius 3 is 2.43 bits per heavy atom. The molecule has 1 fully saturated rings. The van der Waals surface area contributed by atoms with E-state index in [1.165, 1.54) is 16.2 Å². The van der Waals surface area contributed by atoms with Crippen LogP contribution in [0.1, 0.15) is 54.5 Å². The maximum absolute atomic E-state index is 13.7. The summed E-state index contributed by atoms with van der Waals surface area (Å²) in [5.41, 5.74) is 3.75. The van der Waals surface area contributed by atoms with Crippen LogP contribution in [0.5, 0.6) is 17.2 Å². The topological polar surface area (TPSA) is 98.2 Å². The van der Waals surface area contributed by atoms with Crippen LogP contribution < -0.4 is 19.1 Å². The number of Topliss-reactive ketones (excluding diaryl/α,β-unsaturated/α-hetero) is 1. The number of aliphatic hydroxyl groups excluding tert-OH is 1. The lowest BCUT2D eigenvalue weighted by Crippen LogP contribution is -2.29. The number of benzene rings is 3. The number of aryl methyl sites for hydroxylation is 2. The summed E-state index contributed by atoms with van der Waals surface area (Å²) in [5.74, 6) is -0.203. The molecule has 2 heterocycles. The van der Waals surface area contributed by atoms with Crippen molar-refractivity contribution in [3.8, 4) is 17.2 Å². The van der Waals surface area contributed by atoms with Crippen molar-refractivity contribution in [1.82, 2.24) is 4.98 Å². The molecule has 1 amide bonds. The fraction of sp³-hybridized carbons (Fsp3) is 0.303. The number of ether oxygens (including phenoxy) is 3. The smallest absolute Gasteiger partial charge is 0.301 e. The Morgan fingerprint density at radius 1 is 0.976 bits per heavy atom. The SMILES string of the molecule is CCCCCOc1ccc(C2/C(=C(\O)c3ccc(OC)cc3)C(=O)C(=O)N2c2nc3c(C)cc(C)cc3s2)cc1OC. The molecule has 0 radical (unpaired) electrons. The van der Waals surface area contributed by atoms with Gasteiger partial charge in [0.15, 0.2) is 16.6 Å². The number of methoxy groups -OCH3 is 2. The quantitative estimate of drug-likeness (QED) is 0.0914. The molecule has 3 aromatic carbocycles. The maximum atomic E-state index is 13.7. The van der Waals surface area contributed by atoms with Gasteiger partial charge in [-0.25, -0.2) is 4.98 Å². The first-order chi connectivity index (χ1) is 20.3. The van der Waals surface area contributed by atoms with Gasteiger partial charge in [-0.05, 0) is 79.4 Å². The summed E-state index contributed by atoms with van der Waals surface area (Å²) in [7, 11) is 3.09. The van der Waals surface area contributed by atoms with Gasteiger partial charge in [0.1, 0.15) is 11.5 Å². The van der Waals surface area contributed by atoms with Gasteiger partial charge < -0.3 is 19.3 Å². The van der Waals surface area contributed by atoms with E-state index in [2.05, 4.69) is 6.92 Å². The van der Waals surface area contributed by atoms with Crippen molar-refractivity contribution < 1.29 is 28.9 Å². The second kappa shape index (κ2) is 12.2. The van der Waals surface area contributed by atoms with E-state index in [1.54, 1.807) is 56.7 Å². The summed E-state index contributed by atoms with van der Waals surface area (Å²) in [5, 5.41) is 11.9. The first-order valence-corrected chi connectivity index (χ1v) is 14.7. The highest BCUT2D eigenvalue weighted by molar-refractivity contribution is 7.22. The number of aliphatic hydroxyl groups is 1. The number of fused-ring (bicyclic) bond motifs is 1. The van der Waals surface area contributed by atoms with E-state index in [0.29, 0.717) is 40.1 Å². The lowest BCUT2D eigenvalue weighted by atomic mass is 9.95. The number of hydrogen-bond donors (Lipinski definition) is 1. The van der Waals surface area contributed by atoms with Crippen LogP contribution in [0.2, 0.25) is 0 Å². The largest absolute Gasteiger partial charge is 0.507 e. The summed E-state index contributed by atoms with van der Waals surface area (Å²) < 4.78 is 17.8. The van der Waals surface area contributed by atoms with E-state index in [-0.39, 0.29) is 11.3 Å². The molecule has 5 rings (SSSR count). The van der Waals surface area contributed by atoms with Crippen molar-refractivity contribution in [3.05, 3.63) is 82.4 Å². The lowest BCUT2D eigenvalue weighted by molar-refractivity contribution is -0.132. The Morgan fingerprint density at radius 2 is 1.74 bits per heavy atom. The molecule has 8 nitrogen and oxygen atoms in total. The average Bonchev–Trinajstić information content (AvgIpc) is 3.53. The summed E-state index contributed by atoms with van der Waals surface area (Å²) in [6.45, 7) is 6.65. The average molecular weight is 587 g/mol. The number of unbranched alkanes of at least 4 members (excludes halogenated alkanes) is 2. The molecule has 42 heavy (non-hydrogen) atoms. The molecule has 0 bridgehead atoms. The van der Waals surface area contributed by atoms with Gasteiger partial charge in [-0.2, -0.15) is 0 Å². The van der Waals surface area contributed by atoms with Gasteiger partial charge in [0.05, 0.1) is 42.7 Å². The molecule has 218 valence electrons. The number of carbonyl (C=O) groups is 2. The maximum Gasteiger partial charge on any atom is 0.301 e. The van der Waals surface area contributed by atoms with Crippen molar-refractivity contribution >= 4 is 44.1 Å². The van der Waals surface area contributed by atoms with Crippen LogP contribution in [0, 0.1) is 13.8 Å². The molecular weight excluding hydrogens is 552 g/mol. The Balaban J connectivity index is 1.66. The third-order valence-corrected chi connectivity index (χ3v) is 8.34. The minimum Gasteiger partial charge on any atom is -0.507 e.